The van der Waals surface area contributed by atoms with Crippen LogP contribution in [0.3, 0.4) is 0 Å². The maximum atomic E-state index is 12.9. The predicted octanol–water partition coefficient (Wildman–Crippen LogP) is 3.76. The van der Waals surface area contributed by atoms with Crippen molar-refractivity contribution in [1.82, 2.24) is 10.6 Å². The van der Waals surface area contributed by atoms with E-state index in [9.17, 15) is 19.5 Å². The number of benzene rings is 2. The average molecular weight is 441 g/mol. The molecule has 0 radical (unpaired) electrons. The molecule has 32 heavy (non-hydrogen) atoms. The molecule has 3 N–H and O–H groups in total. The molecule has 0 spiro atoms. The van der Waals surface area contributed by atoms with Gasteiger partial charge in [-0.05, 0) is 48.4 Å². The van der Waals surface area contributed by atoms with Crippen molar-refractivity contribution in [2.45, 2.75) is 59.2 Å². The van der Waals surface area contributed by atoms with E-state index in [0.717, 1.165) is 22.3 Å². The zero-order chi connectivity index (χ0) is 23.7. The zero-order valence-corrected chi connectivity index (χ0v) is 19.1. The van der Waals surface area contributed by atoms with Gasteiger partial charge >= 0.3 is 12.1 Å². The van der Waals surface area contributed by atoms with Crippen molar-refractivity contribution in [3.63, 3.8) is 0 Å². The third kappa shape index (κ3) is 8.06. The maximum Gasteiger partial charge on any atom is 0.408 e. The summed E-state index contributed by atoms with van der Waals surface area (Å²) in [5.41, 5.74) is 3.81. The summed E-state index contributed by atoms with van der Waals surface area (Å²) in [6.07, 6.45) is -0.229. The Morgan fingerprint density at radius 3 is 2.19 bits per heavy atom. The number of ether oxygens (including phenoxy) is 1. The molecule has 7 heteroatoms. The number of carbonyl (C=O) groups excluding carboxylic acids is 2. The summed E-state index contributed by atoms with van der Waals surface area (Å²) in [6.45, 7) is 7.85. The molecule has 0 aliphatic heterocycles. The number of alkyl carbamates (subject to hydrolysis) is 1. The van der Waals surface area contributed by atoms with Crippen LogP contribution in [-0.2, 0) is 27.4 Å². The first-order chi connectivity index (χ1) is 15.2. The van der Waals surface area contributed by atoms with Crippen LogP contribution in [0.2, 0.25) is 0 Å². The summed E-state index contributed by atoms with van der Waals surface area (Å²) in [4.78, 5) is 36.9. The number of carbonyl (C=O) groups is 3. The minimum Gasteiger partial charge on any atom is -0.480 e. The molecule has 0 saturated carbocycles. The van der Waals surface area contributed by atoms with Crippen LogP contribution in [0.15, 0.2) is 48.5 Å². The molecular formula is C25H32N2O5. The first kappa shape index (κ1) is 24.9. The Labute approximate surface area is 189 Å². The topological polar surface area (TPSA) is 105 Å². The summed E-state index contributed by atoms with van der Waals surface area (Å²) in [6, 6.07) is 12.9. The Bertz CT molecular complexity index is 927. The highest BCUT2D eigenvalue weighted by Gasteiger charge is 2.28. The van der Waals surface area contributed by atoms with Crippen LogP contribution in [0.4, 0.5) is 4.79 Å². The molecule has 0 aromatic heterocycles. The van der Waals surface area contributed by atoms with E-state index in [2.05, 4.69) is 10.6 Å². The Morgan fingerprint density at radius 1 is 0.906 bits per heavy atom. The molecule has 0 unspecified atom stereocenters. The van der Waals surface area contributed by atoms with E-state index in [0.29, 0.717) is 6.42 Å². The Kier molecular flexibility index (Phi) is 9.25. The van der Waals surface area contributed by atoms with E-state index in [1.165, 1.54) is 0 Å². The number of aliphatic carboxylic acids is 1. The number of amides is 2. The van der Waals surface area contributed by atoms with Crippen LogP contribution in [0.25, 0.3) is 0 Å². The number of carboxylic acids is 1. The molecule has 2 aromatic rings. The van der Waals surface area contributed by atoms with Crippen molar-refractivity contribution in [2.75, 3.05) is 0 Å². The Morgan fingerprint density at radius 2 is 1.59 bits per heavy atom. The highest BCUT2D eigenvalue weighted by atomic mass is 16.5. The highest BCUT2D eigenvalue weighted by Crippen LogP contribution is 2.13. The standard InChI is InChI=1S/C25H32N2O5/c1-16(2)12-21(27-25(31)32-15-19-8-6-5-7-9-19)23(28)26-22(24(29)30)14-20-11-10-17(3)18(4)13-20/h5-11,13,16,21-22H,12,14-15H2,1-4H3,(H,26,28)(H,27,31)(H,29,30)/t21-,22+/m0/s1. The Balaban J connectivity index is 2.02. The number of hydrogen-bond acceptors (Lipinski definition) is 4. The third-order valence-corrected chi connectivity index (χ3v) is 5.15. The van der Waals surface area contributed by atoms with Crippen LogP contribution >= 0.6 is 0 Å². The average Bonchev–Trinajstić information content (AvgIpc) is 2.74. The fraction of sp³-hybridized carbons (Fsp3) is 0.400. The fourth-order valence-corrected chi connectivity index (χ4v) is 3.25. The summed E-state index contributed by atoms with van der Waals surface area (Å²) in [7, 11) is 0. The van der Waals surface area contributed by atoms with Crippen molar-refractivity contribution >= 4 is 18.0 Å². The first-order valence-corrected chi connectivity index (χ1v) is 10.7. The summed E-state index contributed by atoms with van der Waals surface area (Å²) >= 11 is 0. The van der Waals surface area contributed by atoms with Gasteiger partial charge in [-0.25, -0.2) is 9.59 Å². The van der Waals surface area contributed by atoms with Gasteiger partial charge in [0.15, 0.2) is 0 Å². The molecule has 2 rings (SSSR count). The van der Waals surface area contributed by atoms with Gasteiger partial charge in [0.25, 0.3) is 0 Å². The van der Waals surface area contributed by atoms with Crippen molar-refractivity contribution in [3.05, 3.63) is 70.8 Å². The third-order valence-electron chi connectivity index (χ3n) is 5.15. The quantitative estimate of drug-likeness (QED) is 0.522. The molecule has 2 amide bonds. The molecule has 172 valence electrons. The van der Waals surface area contributed by atoms with Crippen molar-refractivity contribution in [2.24, 2.45) is 5.92 Å². The van der Waals surface area contributed by atoms with E-state index < -0.39 is 30.1 Å². The molecule has 0 bridgehead atoms. The first-order valence-electron chi connectivity index (χ1n) is 10.7. The second-order valence-corrected chi connectivity index (χ2v) is 8.41. The summed E-state index contributed by atoms with van der Waals surface area (Å²) in [5.74, 6) is -1.58. The van der Waals surface area contributed by atoms with E-state index in [4.69, 9.17) is 4.74 Å². The van der Waals surface area contributed by atoms with E-state index in [1.54, 1.807) is 0 Å². The lowest BCUT2D eigenvalue weighted by molar-refractivity contribution is -0.142. The van der Waals surface area contributed by atoms with E-state index in [-0.39, 0.29) is 18.9 Å². The van der Waals surface area contributed by atoms with Crippen LogP contribution in [0, 0.1) is 19.8 Å². The molecule has 0 aliphatic carbocycles. The fourth-order valence-electron chi connectivity index (χ4n) is 3.25. The smallest absolute Gasteiger partial charge is 0.408 e. The van der Waals surface area contributed by atoms with Gasteiger partial charge in [0, 0.05) is 6.42 Å². The normalized spacial score (nSPS) is 12.7. The lowest BCUT2D eigenvalue weighted by atomic mass is 9.99. The molecule has 2 aromatic carbocycles. The van der Waals surface area contributed by atoms with Crippen LogP contribution < -0.4 is 10.6 Å². The molecule has 7 nitrogen and oxygen atoms in total. The minimum absolute atomic E-state index is 0.0766. The maximum absolute atomic E-state index is 12.9. The monoisotopic (exact) mass is 440 g/mol. The number of nitrogens with one attached hydrogen (secondary N) is 2. The van der Waals surface area contributed by atoms with Gasteiger partial charge in [-0.2, -0.15) is 0 Å². The molecule has 0 saturated heterocycles. The van der Waals surface area contributed by atoms with Gasteiger partial charge in [0.1, 0.15) is 18.7 Å². The van der Waals surface area contributed by atoms with Gasteiger partial charge in [0.05, 0.1) is 0 Å². The SMILES string of the molecule is Cc1ccc(C[C@@H](NC(=O)[C@H](CC(C)C)NC(=O)OCc2ccccc2)C(=O)O)cc1C. The van der Waals surface area contributed by atoms with Crippen LogP contribution in [0.1, 0.15) is 42.5 Å². The summed E-state index contributed by atoms with van der Waals surface area (Å²) in [5, 5.41) is 14.8. The molecule has 0 fully saturated rings. The minimum atomic E-state index is -1.13. The Hall–Kier alpha value is -3.35. The van der Waals surface area contributed by atoms with E-state index in [1.807, 2.05) is 76.2 Å². The highest BCUT2D eigenvalue weighted by molar-refractivity contribution is 5.89. The molecule has 2 atom stereocenters. The zero-order valence-electron chi connectivity index (χ0n) is 19.1. The van der Waals surface area contributed by atoms with Crippen LogP contribution in [0.5, 0.6) is 0 Å². The molecular weight excluding hydrogens is 408 g/mol. The van der Waals surface area contributed by atoms with Crippen LogP contribution in [-0.4, -0.2) is 35.2 Å². The van der Waals surface area contributed by atoms with Gasteiger partial charge in [-0.3, -0.25) is 4.79 Å². The predicted molar refractivity (Wildman–Crippen MR) is 122 cm³/mol. The number of rotatable bonds is 10. The van der Waals surface area contributed by atoms with E-state index >= 15 is 0 Å². The van der Waals surface area contributed by atoms with Crippen molar-refractivity contribution < 1.29 is 24.2 Å². The van der Waals surface area contributed by atoms with Crippen molar-refractivity contribution in [3.8, 4) is 0 Å². The van der Waals surface area contributed by atoms with Crippen molar-refractivity contribution in [1.29, 1.82) is 0 Å². The second kappa shape index (κ2) is 11.9. The van der Waals surface area contributed by atoms with Gasteiger partial charge in [-0.15, -0.1) is 0 Å². The number of carboxylic acid groups (broad SMARTS) is 1. The lowest BCUT2D eigenvalue weighted by Crippen LogP contribution is -2.52. The molecule has 0 heterocycles. The lowest BCUT2D eigenvalue weighted by Gasteiger charge is -2.23. The van der Waals surface area contributed by atoms with Gasteiger partial charge in [-0.1, -0.05) is 62.4 Å². The number of hydrogen-bond donors (Lipinski definition) is 3. The summed E-state index contributed by atoms with van der Waals surface area (Å²) < 4.78 is 5.22. The molecule has 0 aliphatic rings. The second-order valence-electron chi connectivity index (χ2n) is 8.41. The van der Waals surface area contributed by atoms with Gasteiger partial charge < -0.3 is 20.5 Å². The van der Waals surface area contributed by atoms with Gasteiger partial charge in [0.2, 0.25) is 5.91 Å². The number of aryl methyl sites for hydroxylation is 2. The largest absolute Gasteiger partial charge is 0.480 e.